The first-order chi connectivity index (χ1) is 52.5. The number of fused-ring (bicyclic) bond motifs is 14. The third-order valence-corrected chi connectivity index (χ3v) is 20.1. The Balaban J connectivity index is 0.000000141. The highest BCUT2D eigenvalue weighted by Crippen LogP contribution is 2.44. The standard InChI is InChI=1S/C51H32N4O.C45H28N4O/c1-4-12-33(13-5-1)34-20-24-37(25-21-34)50-52-49(36-14-6-2-7-15-36)53-51(54-50)38-26-22-35(23-27-38)39-28-29-41-42-30-31-45-47(48(42)56-46(41)32-39)43-18-10-11-19-44(43)55(45)40-16-8-3-9-17-40;1-4-12-30(13-5-1)43-46-44(31-14-6-2-7-15-31)48-45(47-43)32-22-20-29(21-23-32)33-24-25-35-36-26-27-39-41(42(36)50-40(35)28-33)37-18-10-11-19-38(37)49(39)34-16-8-3-9-17-34/h1-32H;1-28H. The van der Waals surface area contributed by atoms with Crippen LogP contribution < -0.4 is 0 Å². The molecular weight excluding hydrogens is 1300 g/mol. The van der Waals surface area contributed by atoms with Crippen molar-refractivity contribution in [2.24, 2.45) is 0 Å². The van der Waals surface area contributed by atoms with Crippen LogP contribution in [0.4, 0.5) is 0 Å². The molecule has 15 aromatic carbocycles. The molecule has 10 nitrogen and oxygen atoms in total. The molecule has 0 saturated carbocycles. The van der Waals surface area contributed by atoms with Gasteiger partial charge in [-0.15, -0.1) is 0 Å². The van der Waals surface area contributed by atoms with Crippen LogP contribution in [0.3, 0.4) is 0 Å². The van der Waals surface area contributed by atoms with E-state index in [0.717, 1.165) is 149 Å². The van der Waals surface area contributed by atoms with Crippen molar-refractivity contribution in [2.75, 3.05) is 0 Å². The van der Waals surface area contributed by atoms with Gasteiger partial charge in [0.2, 0.25) is 0 Å². The van der Waals surface area contributed by atoms with Gasteiger partial charge >= 0.3 is 0 Å². The van der Waals surface area contributed by atoms with Crippen LogP contribution in [0.15, 0.2) is 373 Å². The van der Waals surface area contributed by atoms with Crippen LogP contribution in [-0.4, -0.2) is 39.0 Å². The van der Waals surface area contributed by atoms with Gasteiger partial charge in [-0.3, -0.25) is 0 Å². The Hall–Kier alpha value is -14.5. The Morgan fingerprint density at radius 3 is 0.764 bits per heavy atom. The highest BCUT2D eigenvalue weighted by molar-refractivity contribution is 6.25. The van der Waals surface area contributed by atoms with Gasteiger partial charge in [0.15, 0.2) is 34.9 Å². The summed E-state index contributed by atoms with van der Waals surface area (Å²) in [5.74, 6) is 3.83. The van der Waals surface area contributed by atoms with Gasteiger partial charge in [-0.2, -0.15) is 0 Å². The molecule has 6 heterocycles. The predicted molar refractivity (Wildman–Crippen MR) is 432 cm³/mol. The fourth-order valence-corrected chi connectivity index (χ4v) is 15.0. The minimum atomic E-state index is 0.624. The molecule has 21 aromatic rings. The van der Waals surface area contributed by atoms with E-state index in [1.165, 1.54) is 16.3 Å². The predicted octanol–water partition coefficient (Wildman–Crippen LogP) is 24.7. The van der Waals surface area contributed by atoms with Crippen molar-refractivity contribution in [3.05, 3.63) is 364 Å². The minimum Gasteiger partial charge on any atom is -0.455 e. The lowest BCUT2D eigenvalue weighted by Crippen LogP contribution is -2.00. The molecule has 10 heteroatoms. The molecule has 0 N–H and O–H groups in total. The van der Waals surface area contributed by atoms with Crippen LogP contribution in [0, 0.1) is 0 Å². The number of aromatic nitrogens is 8. The summed E-state index contributed by atoms with van der Waals surface area (Å²) in [5, 5.41) is 9.04. The summed E-state index contributed by atoms with van der Waals surface area (Å²) in [6.07, 6.45) is 0. The molecule has 0 spiro atoms. The van der Waals surface area contributed by atoms with Gasteiger partial charge in [0.1, 0.15) is 22.3 Å². The molecule has 0 unspecified atom stereocenters. The molecule has 0 saturated heterocycles. The van der Waals surface area contributed by atoms with Gasteiger partial charge < -0.3 is 18.0 Å². The molecule has 0 aliphatic heterocycles. The van der Waals surface area contributed by atoms with Crippen LogP contribution >= 0.6 is 0 Å². The van der Waals surface area contributed by atoms with E-state index in [1.54, 1.807) is 0 Å². The lowest BCUT2D eigenvalue weighted by molar-refractivity contribution is 0.672. The zero-order valence-corrected chi connectivity index (χ0v) is 57.0. The normalized spacial score (nSPS) is 11.6. The Kier molecular flexibility index (Phi) is 15.0. The average Bonchev–Trinajstić information content (AvgIpc) is 1.57. The number of benzene rings is 15. The number of furan rings is 2. The van der Waals surface area contributed by atoms with Crippen molar-refractivity contribution in [2.45, 2.75) is 0 Å². The molecule has 0 bridgehead atoms. The summed E-state index contributed by atoms with van der Waals surface area (Å²) in [7, 11) is 0. The molecule has 0 fully saturated rings. The molecule has 0 radical (unpaired) electrons. The van der Waals surface area contributed by atoms with Gasteiger partial charge in [-0.1, -0.05) is 279 Å². The van der Waals surface area contributed by atoms with Crippen molar-refractivity contribution < 1.29 is 8.83 Å². The maximum Gasteiger partial charge on any atom is 0.164 e. The first-order valence-corrected chi connectivity index (χ1v) is 35.5. The summed E-state index contributed by atoms with van der Waals surface area (Å²) in [5.41, 5.74) is 22.6. The number of rotatable bonds is 11. The van der Waals surface area contributed by atoms with Gasteiger partial charge in [0.05, 0.1) is 32.8 Å². The Morgan fingerprint density at radius 1 is 0.179 bits per heavy atom. The molecule has 496 valence electrons. The fraction of sp³-hybridized carbons (Fsp3) is 0. The summed E-state index contributed by atoms with van der Waals surface area (Å²) in [4.78, 5) is 29.5. The third-order valence-electron chi connectivity index (χ3n) is 20.1. The average molecular weight is 1360 g/mol. The maximum absolute atomic E-state index is 6.78. The second-order valence-corrected chi connectivity index (χ2v) is 26.5. The van der Waals surface area contributed by atoms with E-state index in [0.29, 0.717) is 34.9 Å². The van der Waals surface area contributed by atoms with Crippen molar-refractivity contribution in [1.82, 2.24) is 39.0 Å². The Labute approximate surface area is 608 Å². The van der Waals surface area contributed by atoms with Crippen LogP contribution in [0.25, 0.3) is 201 Å². The van der Waals surface area contributed by atoms with Crippen LogP contribution in [0.5, 0.6) is 0 Å². The first kappa shape index (κ1) is 61.4. The lowest BCUT2D eigenvalue weighted by Gasteiger charge is -2.10. The van der Waals surface area contributed by atoms with E-state index in [4.69, 9.17) is 38.7 Å². The molecule has 106 heavy (non-hydrogen) atoms. The number of hydrogen-bond donors (Lipinski definition) is 0. The van der Waals surface area contributed by atoms with Crippen molar-refractivity contribution in [1.29, 1.82) is 0 Å². The Morgan fingerprint density at radius 2 is 0.425 bits per heavy atom. The van der Waals surface area contributed by atoms with E-state index in [-0.39, 0.29) is 0 Å². The fourth-order valence-electron chi connectivity index (χ4n) is 15.0. The number of hydrogen-bond acceptors (Lipinski definition) is 8. The molecule has 21 rings (SSSR count). The van der Waals surface area contributed by atoms with Crippen molar-refractivity contribution in [3.63, 3.8) is 0 Å². The van der Waals surface area contributed by atoms with Crippen molar-refractivity contribution in [3.8, 4) is 113 Å². The van der Waals surface area contributed by atoms with Gasteiger partial charge in [0, 0.05) is 77.1 Å². The lowest BCUT2D eigenvalue weighted by atomic mass is 10.0. The maximum atomic E-state index is 6.78. The van der Waals surface area contributed by atoms with Crippen molar-refractivity contribution >= 4 is 87.5 Å². The first-order valence-electron chi connectivity index (χ1n) is 35.5. The summed E-state index contributed by atoms with van der Waals surface area (Å²) >= 11 is 0. The zero-order valence-electron chi connectivity index (χ0n) is 57.0. The quantitative estimate of drug-likeness (QED) is 0.126. The highest BCUT2D eigenvalue weighted by Gasteiger charge is 2.23. The van der Waals surface area contributed by atoms with E-state index in [9.17, 15) is 0 Å². The Bertz CT molecular complexity index is 6820. The van der Waals surface area contributed by atoms with E-state index < -0.39 is 0 Å². The summed E-state index contributed by atoms with van der Waals surface area (Å²) in [6, 6.07) is 126. The SMILES string of the molecule is c1ccc(-c2ccc(-c3nc(-c4ccccc4)nc(-c4ccc(-c5ccc6c(c5)oc5c6ccc6c5c5ccccc5n6-c5ccccc5)cc4)n3)cc2)cc1.c1ccc(-c2nc(-c3ccccc3)nc(-c3ccc(-c4ccc5c(c4)oc4c5ccc5c4c4ccccc4n5-c4ccccc4)cc3)n2)cc1. The van der Waals surface area contributed by atoms with E-state index >= 15 is 0 Å². The largest absolute Gasteiger partial charge is 0.455 e. The summed E-state index contributed by atoms with van der Waals surface area (Å²) < 4.78 is 18.2. The second kappa shape index (κ2) is 25.8. The van der Waals surface area contributed by atoms with Crippen LogP contribution in [0.1, 0.15) is 0 Å². The molecule has 0 atom stereocenters. The monoisotopic (exact) mass is 1360 g/mol. The minimum absolute atomic E-state index is 0.624. The van der Waals surface area contributed by atoms with E-state index in [1.807, 2.05) is 97.1 Å². The topological polar surface area (TPSA) is 113 Å². The zero-order chi connectivity index (χ0) is 70.0. The number of nitrogens with zero attached hydrogens (tertiary/aromatic N) is 8. The van der Waals surface area contributed by atoms with Gasteiger partial charge in [-0.05, 0) is 118 Å². The van der Waals surface area contributed by atoms with E-state index in [2.05, 4.69) is 276 Å². The highest BCUT2D eigenvalue weighted by atomic mass is 16.3. The molecule has 0 amide bonds. The van der Waals surface area contributed by atoms with Gasteiger partial charge in [0.25, 0.3) is 0 Å². The summed E-state index contributed by atoms with van der Waals surface area (Å²) in [6.45, 7) is 0. The van der Waals surface area contributed by atoms with Gasteiger partial charge in [-0.25, -0.2) is 29.9 Å². The molecular formula is C96H60N8O2. The second-order valence-electron chi connectivity index (χ2n) is 26.5. The molecule has 0 aliphatic rings. The van der Waals surface area contributed by atoms with Crippen LogP contribution in [-0.2, 0) is 0 Å². The molecule has 6 aromatic heterocycles. The number of para-hydroxylation sites is 4. The van der Waals surface area contributed by atoms with Crippen LogP contribution in [0.2, 0.25) is 0 Å². The molecule has 0 aliphatic carbocycles. The third kappa shape index (κ3) is 10.9. The smallest absolute Gasteiger partial charge is 0.164 e.